The number of benzene rings is 1. The van der Waals surface area contributed by atoms with Crippen molar-refractivity contribution < 1.29 is 9.84 Å². The summed E-state index contributed by atoms with van der Waals surface area (Å²) in [6.07, 6.45) is 8.84. The van der Waals surface area contributed by atoms with Crippen molar-refractivity contribution in [1.82, 2.24) is 9.78 Å². The molecule has 1 N–H and O–H groups in total. The molecular weight excluding hydrogens is 348 g/mol. The fourth-order valence-electron chi connectivity index (χ4n) is 4.10. The molecule has 1 aromatic heterocycles. The van der Waals surface area contributed by atoms with Gasteiger partial charge >= 0.3 is 0 Å². The summed E-state index contributed by atoms with van der Waals surface area (Å²) in [6, 6.07) is 6.02. The first-order valence-corrected chi connectivity index (χ1v) is 10.5. The van der Waals surface area contributed by atoms with Crippen molar-refractivity contribution in [2.45, 2.75) is 71.8 Å². The quantitative estimate of drug-likeness (QED) is 0.593. The summed E-state index contributed by atoms with van der Waals surface area (Å²) in [5.74, 6) is 1.97. The van der Waals surface area contributed by atoms with Crippen LogP contribution in [0.25, 0.3) is 5.57 Å². The van der Waals surface area contributed by atoms with E-state index in [9.17, 15) is 5.11 Å². The number of phenols is 1. The van der Waals surface area contributed by atoms with Crippen molar-refractivity contribution in [1.29, 1.82) is 0 Å². The molecule has 0 saturated heterocycles. The van der Waals surface area contributed by atoms with Crippen LogP contribution in [0.3, 0.4) is 0 Å². The first-order valence-electron chi connectivity index (χ1n) is 10.5. The van der Waals surface area contributed by atoms with E-state index >= 15 is 0 Å². The van der Waals surface area contributed by atoms with Gasteiger partial charge in [-0.3, -0.25) is 4.68 Å². The average Bonchev–Trinajstić information content (AvgIpc) is 3.05. The summed E-state index contributed by atoms with van der Waals surface area (Å²) < 4.78 is 8.11. The highest BCUT2D eigenvalue weighted by molar-refractivity contribution is 5.86. The summed E-state index contributed by atoms with van der Waals surface area (Å²) in [5, 5.41) is 15.3. The van der Waals surface area contributed by atoms with E-state index in [0.29, 0.717) is 11.8 Å². The zero-order chi connectivity index (χ0) is 20.5. The second kappa shape index (κ2) is 8.02. The maximum atomic E-state index is 11.0. The number of ether oxygens (including phenoxy) is 1. The third-order valence-corrected chi connectivity index (χ3v) is 5.98. The molecule has 1 aliphatic heterocycles. The topological polar surface area (TPSA) is 47.3 Å². The lowest BCUT2D eigenvalue weighted by Crippen LogP contribution is -2.29. The molecule has 1 aromatic carbocycles. The minimum atomic E-state index is -0.451. The van der Waals surface area contributed by atoms with Crippen LogP contribution in [0.4, 0.5) is 0 Å². The van der Waals surface area contributed by atoms with Crippen LogP contribution in [0.2, 0.25) is 0 Å². The highest BCUT2D eigenvalue weighted by Gasteiger charge is 2.31. The Kier molecular flexibility index (Phi) is 5.87. The van der Waals surface area contributed by atoms with E-state index in [1.165, 1.54) is 25.7 Å². The maximum Gasteiger partial charge on any atom is 0.132 e. The summed E-state index contributed by atoms with van der Waals surface area (Å²) >= 11 is 0. The molecular formula is C24H34N2O2. The predicted octanol–water partition coefficient (Wildman–Crippen LogP) is 6.05. The Hall–Kier alpha value is -2.23. The largest absolute Gasteiger partial charge is 0.507 e. The standard InChI is InChI=1S/C24H34N2O2/c1-7-8-9-10-16(2)17(3)18-13-21(27)23-19(20-11-12-25-26(20)6)15-24(4,5)28-22(23)14-18/h11-17,27H,7-10H2,1-6H3. The minimum Gasteiger partial charge on any atom is -0.507 e. The van der Waals surface area contributed by atoms with Gasteiger partial charge < -0.3 is 9.84 Å². The van der Waals surface area contributed by atoms with Crippen molar-refractivity contribution in [3.63, 3.8) is 0 Å². The second-order valence-corrected chi connectivity index (χ2v) is 8.78. The first-order chi connectivity index (χ1) is 13.2. The molecule has 0 aliphatic carbocycles. The Balaban J connectivity index is 1.98. The van der Waals surface area contributed by atoms with Crippen molar-refractivity contribution in [2.75, 3.05) is 0 Å². The highest BCUT2D eigenvalue weighted by Crippen LogP contribution is 2.46. The lowest BCUT2D eigenvalue weighted by molar-refractivity contribution is 0.157. The van der Waals surface area contributed by atoms with Gasteiger partial charge in [0.2, 0.25) is 0 Å². The number of aromatic nitrogens is 2. The number of hydrogen-bond donors (Lipinski definition) is 1. The summed E-state index contributed by atoms with van der Waals surface area (Å²) in [6.45, 7) is 10.9. The van der Waals surface area contributed by atoms with E-state index in [1.807, 2.05) is 37.7 Å². The molecule has 152 valence electrons. The summed E-state index contributed by atoms with van der Waals surface area (Å²) in [7, 11) is 1.92. The monoisotopic (exact) mass is 382 g/mol. The number of unbranched alkanes of at least 4 members (excludes halogenated alkanes) is 2. The maximum absolute atomic E-state index is 11.0. The van der Waals surface area contributed by atoms with Gasteiger partial charge in [0.25, 0.3) is 0 Å². The normalized spacial score (nSPS) is 17.4. The molecule has 2 atom stereocenters. The van der Waals surface area contributed by atoms with Crippen LogP contribution >= 0.6 is 0 Å². The van der Waals surface area contributed by atoms with E-state index in [-0.39, 0.29) is 5.75 Å². The van der Waals surface area contributed by atoms with Gasteiger partial charge in [0.15, 0.2) is 0 Å². The number of rotatable bonds is 7. The molecule has 0 fully saturated rings. The molecule has 0 saturated carbocycles. The van der Waals surface area contributed by atoms with E-state index in [0.717, 1.165) is 28.1 Å². The Morgan fingerprint density at radius 3 is 2.61 bits per heavy atom. The Morgan fingerprint density at radius 2 is 1.96 bits per heavy atom. The van der Waals surface area contributed by atoms with Gasteiger partial charge in [-0.2, -0.15) is 5.10 Å². The molecule has 3 rings (SSSR count). The predicted molar refractivity (Wildman–Crippen MR) is 115 cm³/mol. The molecule has 1 aliphatic rings. The van der Waals surface area contributed by atoms with E-state index < -0.39 is 5.60 Å². The van der Waals surface area contributed by atoms with Crippen molar-refractivity contribution in [3.8, 4) is 11.5 Å². The summed E-state index contributed by atoms with van der Waals surface area (Å²) in [4.78, 5) is 0. The van der Waals surface area contributed by atoms with Crippen LogP contribution in [-0.4, -0.2) is 20.5 Å². The minimum absolute atomic E-state index is 0.281. The number of nitrogens with zero attached hydrogens (tertiary/aromatic N) is 2. The molecule has 0 radical (unpaired) electrons. The van der Waals surface area contributed by atoms with Gasteiger partial charge in [-0.05, 0) is 55.5 Å². The molecule has 0 bridgehead atoms. The van der Waals surface area contributed by atoms with Gasteiger partial charge in [-0.25, -0.2) is 0 Å². The SMILES string of the molecule is CCCCCC(C)C(C)c1cc(O)c2c(c1)OC(C)(C)C=C2c1ccnn1C. The molecule has 2 unspecified atom stereocenters. The van der Waals surface area contributed by atoms with Gasteiger partial charge in [-0.15, -0.1) is 0 Å². The second-order valence-electron chi connectivity index (χ2n) is 8.78. The van der Waals surface area contributed by atoms with Gasteiger partial charge in [0, 0.05) is 18.8 Å². The molecule has 0 spiro atoms. The third-order valence-electron chi connectivity index (χ3n) is 5.98. The first kappa shape index (κ1) is 20.5. The molecule has 2 heterocycles. The fraction of sp³-hybridized carbons (Fsp3) is 0.542. The molecule has 4 nitrogen and oxygen atoms in total. The lowest BCUT2D eigenvalue weighted by atomic mass is 9.83. The van der Waals surface area contributed by atoms with Crippen LogP contribution < -0.4 is 4.74 Å². The molecule has 28 heavy (non-hydrogen) atoms. The van der Waals surface area contributed by atoms with E-state index in [1.54, 1.807) is 6.20 Å². The third kappa shape index (κ3) is 4.11. The number of hydrogen-bond acceptors (Lipinski definition) is 3. The summed E-state index contributed by atoms with van der Waals surface area (Å²) in [5.41, 5.74) is 3.40. The highest BCUT2D eigenvalue weighted by atomic mass is 16.5. The van der Waals surface area contributed by atoms with Crippen molar-refractivity contribution in [2.24, 2.45) is 13.0 Å². The molecule has 4 heteroatoms. The van der Waals surface area contributed by atoms with Gasteiger partial charge in [0.1, 0.15) is 17.1 Å². The zero-order valence-electron chi connectivity index (χ0n) is 18.1. The van der Waals surface area contributed by atoms with Crippen molar-refractivity contribution in [3.05, 3.63) is 47.3 Å². The zero-order valence-corrected chi connectivity index (χ0v) is 18.1. The smallest absolute Gasteiger partial charge is 0.132 e. The number of aryl methyl sites for hydroxylation is 1. The van der Waals surface area contributed by atoms with Crippen LogP contribution in [0.15, 0.2) is 30.5 Å². The Labute approximate surface area is 169 Å². The van der Waals surface area contributed by atoms with Gasteiger partial charge in [0.05, 0.1) is 11.3 Å². The van der Waals surface area contributed by atoms with E-state index in [2.05, 4.69) is 38.0 Å². The number of fused-ring (bicyclic) bond motifs is 1. The van der Waals surface area contributed by atoms with Crippen LogP contribution in [-0.2, 0) is 7.05 Å². The lowest BCUT2D eigenvalue weighted by Gasteiger charge is -2.32. The molecule has 0 amide bonds. The van der Waals surface area contributed by atoms with Crippen LogP contribution in [0.5, 0.6) is 11.5 Å². The number of phenolic OH excluding ortho intramolecular Hbond substituents is 1. The average molecular weight is 383 g/mol. The molecule has 2 aromatic rings. The van der Waals surface area contributed by atoms with Crippen molar-refractivity contribution >= 4 is 5.57 Å². The van der Waals surface area contributed by atoms with Crippen LogP contribution in [0.1, 0.15) is 83.0 Å². The Morgan fingerprint density at radius 1 is 1.21 bits per heavy atom. The fourth-order valence-corrected chi connectivity index (χ4v) is 4.10. The Bertz CT molecular complexity index is 863. The van der Waals surface area contributed by atoms with Crippen LogP contribution in [0, 0.1) is 5.92 Å². The van der Waals surface area contributed by atoms with E-state index in [4.69, 9.17) is 4.74 Å². The number of aromatic hydroxyl groups is 1. The van der Waals surface area contributed by atoms with Gasteiger partial charge in [-0.1, -0.05) is 46.5 Å².